The molecule has 0 aliphatic heterocycles. The van der Waals surface area contributed by atoms with Crippen LogP contribution in [0.5, 0.6) is 0 Å². The van der Waals surface area contributed by atoms with Crippen LogP contribution in [0.4, 0.5) is 0 Å². The zero-order valence-electron chi connectivity index (χ0n) is 8.99. The predicted octanol–water partition coefficient (Wildman–Crippen LogP) is 4.47. The first kappa shape index (κ1) is 12.3. The van der Waals surface area contributed by atoms with E-state index < -0.39 is 0 Å². The molecule has 0 N–H and O–H groups in total. The van der Waals surface area contributed by atoms with Crippen molar-refractivity contribution in [1.29, 1.82) is 0 Å². The molecular formula is C11H23Cl. The molecule has 74 valence electrons. The topological polar surface area (TPSA) is 0 Å². The third-order valence-electron chi connectivity index (χ3n) is 2.71. The van der Waals surface area contributed by atoms with Crippen LogP contribution < -0.4 is 0 Å². The van der Waals surface area contributed by atoms with E-state index in [2.05, 4.69) is 27.7 Å². The van der Waals surface area contributed by atoms with Crippen molar-refractivity contribution >= 4 is 11.6 Å². The maximum Gasteiger partial charge on any atom is 0.0251 e. The van der Waals surface area contributed by atoms with E-state index in [4.69, 9.17) is 11.6 Å². The van der Waals surface area contributed by atoms with Crippen LogP contribution >= 0.6 is 11.6 Å². The van der Waals surface area contributed by atoms with Crippen molar-refractivity contribution in [2.24, 2.45) is 11.3 Å². The van der Waals surface area contributed by atoms with Crippen LogP contribution in [-0.2, 0) is 0 Å². The molecule has 0 heterocycles. The fraction of sp³-hybridized carbons (Fsp3) is 1.00. The summed E-state index contributed by atoms with van der Waals surface area (Å²) in [5.41, 5.74) is 0.481. The van der Waals surface area contributed by atoms with Gasteiger partial charge in [-0.25, -0.2) is 0 Å². The molecule has 0 aromatic carbocycles. The molecule has 12 heavy (non-hydrogen) atoms. The van der Waals surface area contributed by atoms with Gasteiger partial charge in [-0.1, -0.05) is 40.5 Å². The van der Waals surface area contributed by atoms with E-state index in [1.54, 1.807) is 0 Å². The van der Waals surface area contributed by atoms with Crippen LogP contribution in [0.2, 0.25) is 0 Å². The monoisotopic (exact) mass is 190 g/mol. The molecule has 0 aromatic heterocycles. The minimum Gasteiger partial charge on any atom is -0.126 e. The van der Waals surface area contributed by atoms with Crippen LogP contribution in [0.25, 0.3) is 0 Å². The lowest BCUT2D eigenvalue weighted by molar-refractivity contribution is 0.260. The molecule has 0 saturated heterocycles. The number of hydrogen-bond donors (Lipinski definition) is 0. The summed E-state index contributed by atoms with van der Waals surface area (Å²) in [5.74, 6) is 1.56. The second-order valence-electron chi connectivity index (χ2n) is 4.53. The highest BCUT2D eigenvalue weighted by atomic mass is 35.5. The molecule has 0 aliphatic rings. The lowest BCUT2D eigenvalue weighted by atomic mass is 9.80. The Bertz CT molecular complexity index is 108. The first-order valence-corrected chi connectivity index (χ1v) is 5.65. The fourth-order valence-electron chi connectivity index (χ4n) is 1.57. The van der Waals surface area contributed by atoms with E-state index in [1.807, 2.05) is 0 Å². The van der Waals surface area contributed by atoms with Gasteiger partial charge in [0.1, 0.15) is 0 Å². The number of rotatable bonds is 6. The summed E-state index contributed by atoms with van der Waals surface area (Å²) in [7, 11) is 0. The Labute approximate surface area is 82.7 Å². The van der Waals surface area contributed by atoms with E-state index in [9.17, 15) is 0 Å². The summed E-state index contributed by atoms with van der Waals surface area (Å²) in [6, 6.07) is 0. The molecular weight excluding hydrogens is 168 g/mol. The average Bonchev–Trinajstić information content (AvgIpc) is 2.03. The second kappa shape index (κ2) is 5.85. The summed E-state index contributed by atoms with van der Waals surface area (Å²) in [6.07, 6.45) is 5.08. The maximum absolute atomic E-state index is 5.91. The van der Waals surface area contributed by atoms with Crippen molar-refractivity contribution in [2.45, 2.75) is 53.4 Å². The van der Waals surface area contributed by atoms with Crippen LogP contribution in [0.1, 0.15) is 53.4 Å². The highest BCUT2D eigenvalue weighted by Gasteiger charge is 2.20. The minimum absolute atomic E-state index is 0.481. The third kappa shape index (κ3) is 5.03. The average molecular weight is 191 g/mol. The maximum atomic E-state index is 5.91. The Balaban J connectivity index is 3.83. The van der Waals surface area contributed by atoms with Crippen molar-refractivity contribution in [3.63, 3.8) is 0 Å². The third-order valence-corrected chi connectivity index (χ3v) is 3.15. The molecule has 0 aromatic rings. The van der Waals surface area contributed by atoms with Gasteiger partial charge in [-0.05, 0) is 24.2 Å². The number of alkyl halides is 1. The van der Waals surface area contributed by atoms with Crippen molar-refractivity contribution in [2.75, 3.05) is 5.88 Å². The van der Waals surface area contributed by atoms with E-state index >= 15 is 0 Å². The molecule has 0 spiro atoms. The molecule has 0 bridgehead atoms. The molecule has 0 aliphatic carbocycles. The summed E-state index contributed by atoms with van der Waals surface area (Å²) in [6.45, 7) is 9.17. The zero-order valence-corrected chi connectivity index (χ0v) is 9.75. The Kier molecular flexibility index (Phi) is 6.00. The summed E-state index contributed by atoms with van der Waals surface area (Å²) >= 11 is 5.91. The van der Waals surface area contributed by atoms with Gasteiger partial charge >= 0.3 is 0 Å². The van der Waals surface area contributed by atoms with Crippen LogP contribution in [0.15, 0.2) is 0 Å². The number of hydrogen-bond acceptors (Lipinski definition) is 0. The molecule has 1 heteroatoms. The van der Waals surface area contributed by atoms with Crippen molar-refractivity contribution < 1.29 is 0 Å². The van der Waals surface area contributed by atoms with Crippen molar-refractivity contribution in [3.8, 4) is 0 Å². The van der Waals surface area contributed by atoms with Gasteiger partial charge in [0, 0.05) is 5.88 Å². The Hall–Kier alpha value is 0.290. The lowest BCUT2D eigenvalue weighted by Gasteiger charge is -2.27. The van der Waals surface area contributed by atoms with Crippen LogP contribution in [0, 0.1) is 11.3 Å². The van der Waals surface area contributed by atoms with E-state index in [1.165, 1.54) is 25.7 Å². The molecule has 0 saturated carbocycles. The smallest absolute Gasteiger partial charge is 0.0251 e. The fourth-order valence-corrected chi connectivity index (χ4v) is 1.83. The van der Waals surface area contributed by atoms with Gasteiger partial charge in [-0.3, -0.25) is 0 Å². The molecule has 1 atom stereocenters. The molecule has 0 nitrogen and oxygen atoms in total. The van der Waals surface area contributed by atoms with Gasteiger partial charge < -0.3 is 0 Å². The summed E-state index contributed by atoms with van der Waals surface area (Å²) in [5, 5.41) is 0. The summed E-state index contributed by atoms with van der Waals surface area (Å²) < 4.78 is 0. The van der Waals surface area contributed by atoms with E-state index in [0.717, 1.165) is 11.8 Å². The normalized spacial score (nSPS) is 14.8. The Morgan fingerprint density at radius 2 is 1.83 bits per heavy atom. The van der Waals surface area contributed by atoms with Gasteiger partial charge in [0.05, 0.1) is 0 Å². The van der Waals surface area contributed by atoms with Gasteiger partial charge in [-0.2, -0.15) is 0 Å². The molecule has 0 fully saturated rings. The lowest BCUT2D eigenvalue weighted by Crippen LogP contribution is -2.17. The van der Waals surface area contributed by atoms with Crippen molar-refractivity contribution in [1.82, 2.24) is 0 Å². The zero-order chi connectivity index (χ0) is 9.61. The standard InChI is InChI=1S/C11H23Cl/c1-5-7-10(9-12)8-11(3,4)6-2/h10H,5-9H2,1-4H3. The minimum atomic E-state index is 0.481. The Morgan fingerprint density at radius 3 is 2.17 bits per heavy atom. The summed E-state index contributed by atoms with van der Waals surface area (Å²) in [4.78, 5) is 0. The molecule has 0 rings (SSSR count). The number of halogens is 1. The molecule has 0 radical (unpaired) electrons. The van der Waals surface area contributed by atoms with Crippen LogP contribution in [0.3, 0.4) is 0 Å². The van der Waals surface area contributed by atoms with E-state index in [0.29, 0.717) is 5.41 Å². The SMILES string of the molecule is CCCC(CCl)CC(C)(C)CC. The molecule has 1 unspecified atom stereocenters. The van der Waals surface area contributed by atoms with Gasteiger partial charge in [0.25, 0.3) is 0 Å². The highest BCUT2D eigenvalue weighted by Crippen LogP contribution is 2.31. The highest BCUT2D eigenvalue weighted by molar-refractivity contribution is 6.18. The second-order valence-corrected chi connectivity index (χ2v) is 4.84. The Morgan fingerprint density at radius 1 is 1.25 bits per heavy atom. The first-order valence-electron chi connectivity index (χ1n) is 5.11. The van der Waals surface area contributed by atoms with Gasteiger partial charge in [0.2, 0.25) is 0 Å². The van der Waals surface area contributed by atoms with Gasteiger partial charge in [-0.15, -0.1) is 11.6 Å². The van der Waals surface area contributed by atoms with Gasteiger partial charge in [0.15, 0.2) is 0 Å². The largest absolute Gasteiger partial charge is 0.126 e. The van der Waals surface area contributed by atoms with Crippen molar-refractivity contribution in [3.05, 3.63) is 0 Å². The molecule has 0 amide bonds. The van der Waals surface area contributed by atoms with E-state index in [-0.39, 0.29) is 0 Å². The predicted molar refractivity (Wildman–Crippen MR) is 57.8 cm³/mol. The quantitative estimate of drug-likeness (QED) is 0.543. The van der Waals surface area contributed by atoms with Crippen LogP contribution in [-0.4, -0.2) is 5.88 Å². The first-order chi connectivity index (χ1) is 5.55.